The number of nitrogens with zero attached hydrogens (tertiary/aromatic N) is 4. The van der Waals surface area contributed by atoms with Crippen molar-refractivity contribution in [1.82, 2.24) is 25.0 Å². The summed E-state index contributed by atoms with van der Waals surface area (Å²) in [5.41, 5.74) is 2.31. The molecule has 0 saturated carbocycles. The lowest BCUT2D eigenvalue weighted by Gasteiger charge is -2.14. The largest absolute Gasteiger partial charge is 0.324 e. The van der Waals surface area contributed by atoms with E-state index in [-0.39, 0.29) is 17.2 Å². The molecule has 2 heterocycles. The van der Waals surface area contributed by atoms with Gasteiger partial charge in [0.15, 0.2) is 5.69 Å². The summed E-state index contributed by atoms with van der Waals surface area (Å²) in [5, 5.41) is 16.5. The minimum atomic E-state index is -0.487. The van der Waals surface area contributed by atoms with Gasteiger partial charge in [-0.1, -0.05) is 20.8 Å². The van der Waals surface area contributed by atoms with E-state index in [4.69, 9.17) is 0 Å². The number of H-pyrrole nitrogens is 1. The Hall–Kier alpha value is -3.49. The topological polar surface area (TPSA) is 118 Å². The lowest BCUT2D eigenvalue weighted by molar-refractivity contribution is -0.119. The molecule has 0 saturated heterocycles. The molecule has 3 aromatic rings. The number of aromatic amines is 1. The molecular formula is C19H23N7O2. The van der Waals surface area contributed by atoms with Crippen LogP contribution in [0.2, 0.25) is 0 Å². The van der Waals surface area contributed by atoms with E-state index in [1.165, 1.54) is 17.3 Å². The highest BCUT2D eigenvalue weighted by molar-refractivity contribution is 6.03. The van der Waals surface area contributed by atoms with E-state index in [1.807, 2.05) is 20.8 Å². The smallest absolute Gasteiger partial charge is 0.276 e. The summed E-state index contributed by atoms with van der Waals surface area (Å²) in [6.07, 6.45) is 2.87. The standard InChI is InChI=1S/C19H23N7O2/c1-12(26-11-20-10-21-26)17(27)22-13-5-7-14(8-6-13)23-18(28)15-9-16(25-24-15)19(2,3)4/h5-12H,1-4H3,(H,22,27)(H,23,28)(H,24,25). The molecule has 0 aliphatic rings. The SMILES string of the molecule is CC(C(=O)Nc1ccc(NC(=O)c2cc(C(C)(C)C)[nH]n2)cc1)n1cncn1. The molecule has 146 valence electrons. The van der Waals surface area contributed by atoms with Crippen molar-refractivity contribution in [1.29, 1.82) is 0 Å². The average Bonchev–Trinajstić information content (AvgIpc) is 3.34. The lowest BCUT2D eigenvalue weighted by atomic mass is 9.92. The van der Waals surface area contributed by atoms with Gasteiger partial charge in [0.2, 0.25) is 5.91 Å². The Morgan fingerprint density at radius 2 is 1.75 bits per heavy atom. The van der Waals surface area contributed by atoms with Crippen LogP contribution in [0, 0.1) is 0 Å². The van der Waals surface area contributed by atoms with Crippen molar-refractivity contribution >= 4 is 23.2 Å². The zero-order valence-corrected chi connectivity index (χ0v) is 16.2. The molecule has 28 heavy (non-hydrogen) atoms. The van der Waals surface area contributed by atoms with Gasteiger partial charge >= 0.3 is 0 Å². The molecule has 0 bridgehead atoms. The molecule has 0 aliphatic heterocycles. The lowest BCUT2D eigenvalue weighted by Crippen LogP contribution is -2.24. The number of nitrogens with one attached hydrogen (secondary N) is 3. The first kappa shape index (κ1) is 19.3. The van der Waals surface area contributed by atoms with E-state index in [1.54, 1.807) is 37.3 Å². The van der Waals surface area contributed by atoms with Crippen LogP contribution in [0.1, 0.15) is 49.9 Å². The molecule has 2 amide bonds. The van der Waals surface area contributed by atoms with E-state index < -0.39 is 6.04 Å². The quantitative estimate of drug-likeness (QED) is 0.628. The first-order valence-corrected chi connectivity index (χ1v) is 8.86. The number of carbonyl (C=O) groups excluding carboxylic acids is 2. The third-order valence-corrected chi connectivity index (χ3v) is 4.24. The van der Waals surface area contributed by atoms with Crippen LogP contribution in [0.25, 0.3) is 0 Å². The first-order chi connectivity index (χ1) is 13.2. The van der Waals surface area contributed by atoms with E-state index in [0.29, 0.717) is 17.1 Å². The van der Waals surface area contributed by atoms with Crippen LogP contribution in [-0.2, 0) is 10.2 Å². The highest BCUT2D eigenvalue weighted by atomic mass is 16.2. The van der Waals surface area contributed by atoms with Crippen molar-refractivity contribution in [2.75, 3.05) is 10.6 Å². The number of hydrogen-bond acceptors (Lipinski definition) is 5. The van der Waals surface area contributed by atoms with Crippen molar-refractivity contribution in [3.05, 3.63) is 54.4 Å². The summed E-state index contributed by atoms with van der Waals surface area (Å²) in [7, 11) is 0. The van der Waals surface area contributed by atoms with Crippen LogP contribution in [0.4, 0.5) is 11.4 Å². The molecule has 0 radical (unpaired) electrons. The fourth-order valence-electron chi connectivity index (χ4n) is 2.44. The number of rotatable bonds is 5. The molecule has 3 N–H and O–H groups in total. The third-order valence-electron chi connectivity index (χ3n) is 4.24. The van der Waals surface area contributed by atoms with Gasteiger partial charge in [-0.25, -0.2) is 9.67 Å². The van der Waals surface area contributed by atoms with E-state index in [2.05, 4.69) is 30.9 Å². The van der Waals surface area contributed by atoms with Gasteiger partial charge in [-0.2, -0.15) is 10.2 Å². The highest BCUT2D eigenvalue weighted by Gasteiger charge is 2.19. The molecule has 3 rings (SSSR count). The maximum absolute atomic E-state index is 12.4. The Bertz CT molecular complexity index is 953. The maximum Gasteiger partial charge on any atom is 0.276 e. The van der Waals surface area contributed by atoms with Crippen molar-refractivity contribution in [2.45, 2.75) is 39.2 Å². The summed E-state index contributed by atoms with van der Waals surface area (Å²) >= 11 is 0. The average molecular weight is 381 g/mol. The third kappa shape index (κ3) is 4.43. The minimum Gasteiger partial charge on any atom is -0.324 e. The van der Waals surface area contributed by atoms with E-state index in [9.17, 15) is 9.59 Å². The van der Waals surface area contributed by atoms with Crippen molar-refractivity contribution in [2.24, 2.45) is 0 Å². The zero-order valence-electron chi connectivity index (χ0n) is 16.2. The molecular weight excluding hydrogens is 358 g/mol. The van der Waals surface area contributed by atoms with E-state index >= 15 is 0 Å². The molecule has 1 aromatic carbocycles. The van der Waals surface area contributed by atoms with Gasteiger partial charge in [0.25, 0.3) is 5.91 Å². The number of carbonyl (C=O) groups is 2. The normalized spacial score (nSPS) is 12.4. The first-order valence-electron chi connectivity index (χ1n) is 8.86. The second-order valence-corrected chi connectivity index (χ2v) is 7.49. The summed E-state index contributed by atoms with van der Waals surface area (Å²) in [5.74, 6) is -0.517. The Morgan fingerprint density at radius 3 is 2.29 bits per heavy atom. The number of anilines is 2. The molecule has 0 aliphatic carbocycles. The van der Waals surface area contributed by atoms with Gasteiger partial charge in [-0.3, -0.25) is 14.7 Å². The molecule has 1 unspecified atom stereocenters. The second kappa shape index (κ2) is 7.63. The van der Waals surface area contributed by atoms with E-state index in [0.717, 1.165) is 5.69 Å². The van der Waals surface area contributed by atoms with Gasteiger partial charge in [0, 0.05) is 22.5 Å². The predicted molar refractivity (Wildman–Crippen MR) is 105 cm³/mol. The summed E-state index contributed by atoms with van der Waals surface area (Å²) in [6.45, 7) is 7.85. The van der Waals surface area contributed by atoms with Crippen molar-refractivity contribution in [3.63, 3.8) is 0 Å². The molecule has 0 spiro atoms. The Kier molecular flexibility index (Phi) is 5.25. The van der Waals surface area contributed by atoms with Gasteiger partial charge in [0.1, 0.15) is 18.7 Å². The summed E-state index contributed by atoms with van der Waals surface area (Å²) < 4.78 is 1.47. The van der Waals surface area contributed by atoms with Gasteiger partial charge < -0.3 is 10.6 Å². The fraction of sp³-hybridized carbons (Fsp3) is 0.316. The van der Waals surface area contributed by atoms with Gasteiger partial charge in [-0.05, 0) is 37.3 Å². The minimum absolute atomic E-state index is 0.116. The highest BCUT2D eigenvalue weighted by Crippen LogP contribution is 2.21. The van der Waals surface area contributed by atoms with Gasteiger partial charge in [0.05, 0.1) is 0 Å². The van der Waals surface area contributed by atoms with Crippen LogP contribution in [0.15, 0.2) is 43.0 Å². The molecule has 9 heteroatoms. The number of benzene rings is 1. The fourth-order valence-corrected chi connectivity index (χ4v) is 2.44. The summed E-state index contributed by atoms with van der Waals surface area (Å²) in [4.78, 5) is 28.5. The van der Waals surface area contributed by atoms with Crippen LogP contribution < -0.4 is 10.6 Å². The Labute approximate surface area is 162 Å². The van der Waals surface area contributed by atoms with Crippen LogP contribution in [0.3, 0.4) is 0 Å². The van der Waals surface area contributed by atoms with Gasteiger partial charge in [-0.15, -0.1) is 0 Å². The predicted octanol–water partition coefficient (Wildman–Crippen LogP) is 2.75. The molecule has 0 fully saturated rings. The van der Waals surface area contributed by atoms with Crippen LogP contribution in [0.5, 0.6) is 0 Å². The summed E-state index contributed by atoms with van der Waals surface area (Å²) in [6, 6.07) is 8.11. The monoisotopic (exact) mass is 381 g/mol. The second-order valence-electron chi connectivity index (χ2n) is 7.49. The Balaban J connectivity index is 1.60. The maximum atomic E-state index is 12.4. The van der Waals surface area contributed by atoms with Crippen molar-refractivity contribution in [3.8, 4) is 0 Å². The van der Waals surface area contributed by atoms with Crippen molar-refractivity contribution < 1.29 is 9.59 Å². The number of aromatic nitrogens is 5. The molecule has 2 aromatic heterocycles. The molecule has 9 nitrogen and oxygen atoms in total. The van der Waals surface area contributed by atoms with Crippen LogP contribution in [-0.4, -0.2) is 36.8 Å². The number of hydrogen-bond donors (Lipinski definition) is 3. The number of amides is 2. The molecule has 1 atom stereocenters. The Morgan fingerprint density at radius 1 is 1.11 bits per heavy atom. The van der Waals surface area contributed by atoms with Crippen LogP contribution >= 0.6 is 0 Å². The zero-order chi connectivity index (χ0) is 20.3.